The van der Waals surface area contributed by atoms with E-state index in [1.165, 1.54) is 42.2 Å². The van der Waals surface area contributed by atoms with Crippen LogP contribution in [0.2, 0.25) is 0 Å². The van der Waals surface area contributed by atoms with Gasteiger partial charge in [-0.2, -0.15) is 0 Å². The summed E-state index contributed by atoms with van der Waals surface area (Å²) in [6.45, 7) is 8.67. The number of rotatable bonds is 5. The number of morpholine rings is 1. The van der Waals surface area contributed by atoms with Gasteiger partial charge in [0.2, 0.25) is 0 Å². The van der Waals surface area contributed by atoms with Crippen molar-refractivity contribution in [2.75, 3.05) is 31.2 Å². The predicted molar refractivity (Wildman–Crippen MR) is 112 cm³/mol. The van der Waals surface area contributed by atoms with Crippen molar-refractivity contribution >= 4 is 16.7 Å². The second-order valence-corrected chi connectivity index (χ2v) is 7.89. The number of allylic oxidation sites excluding steroid dienone is 1. The van der Waals surface area contributed by atoms with Gasteiger partial charge in [0.1, 0.15) is 5.82 Å². The quantitative estimate of drug-likeness (QED) is 0.799. The van der Waals surface area contributed by atoms with Gasteiger partial charge >= 0.3 is 0 Å². The lowest BCUT2D eigenvalue weighted by Gasteiger charge is -2.30. The van der Waals surface area contributed by atoms with Gasteiger partial charge in [0.25, 0.3) is 0 Å². The number of nitrogens with one attached hydrogen (secondary N) is 1. The number of fused-ring (bicyclic) bond motifs is 1. The third-order valence-corrected chi connectivity index (χ3v) is 5.82. The molecule has 144 valence electrons. The van der Waals surface area contributed by atoms with Crippen molar-refractivity contribution in [1.82, 2.24) is 10.3 Å². The Hall–Kier alpha value is -1.91. The first-order chi connectivity index (χ1) is 13.2. The highest BCUT2D eigenvalue weighted by molar-refractivity contribution is 5.82. The minimum Gasteiger partial charge on any atom is -0.378 e. The number of benzene rings is 1. The summed E-state index contributed by atoms with van der Waals surface area (Å²) in [7, 11) is 0. The van der Waals surface area contributed by atoms with Crippen molar-refractivity contribution in [3.05, 3.63) is 47.0 Å². The fraction of sp³-hybridized carbons (Fsp3) is 0.522. The van der Waals surface area contributed by atoms with Gasteiger partial charge in [0.15, 0.2) is 0 Å². The standard InChI is InChI=1S/C23H31N3O/c1-17-8-9-20-15-21(16-24-18(2)19-6-4-3-5-7-19)23(25-22(20)14-17)26-10-12-27-13-11-26/h6,8-9,14-15,18,24H,3-5,7,10-13,16H2,1-2H3. The summed E-state index contributed by atoms with van der Waals surface area (Å²) in [5, 5.41) is 4.98. The lowest BCUT2D eigenvalue weighted by molar-refractivity contribution is 0.122. The van der Waals surface area contributed by atoms with Crippen LogP contribution in [0.3, 0.4) is 0 Å². The summed E-state index contributed by atoms with van der Waals surface area (Å²) in [5.41, 5.74) is 5.20. The van der Waals surface area contributed by atoms with Crippen molar-refractivity contribution in [3.63, 3.8) is 0 Å². The van der Waals surface area contributed by atoms with E-state index in [0.717, 1.165) is 44.2 Å². The summed E-state index contributed by atoms with van der Waals surface area (Å²) in [5.74, 6) is 1.12. The number of hydrogen-bond acceptors (Lipinski definition) is 4. The first-order valence-electron chi connectivity index (χ1n) is 10.4. The van der Waals surface area contributed by atoms with Gasteiger partial charge < -0.3 is 15.0 Å². The molecule has 4 rings (SSSR count). The molecule has 1 saturated heterocycles. The minimum atomic E-state index is 0.427. The molecule has 1 aromatic carbocycles. The van der Waals surface area contributed by atoms with Crippen molar-refractivity contribution in [2.45, 2.75) is 52.1 Å². The van der Waals surface area contributed by atoms with Crippen molar-refractivity contribution in [1.29, 1.82) is 0 Å². The van der Waals surface area contributed by atoms with Gasteiger partial charge in [-0.15, -0.1) is 0 Å². The second kappa shape index (κ2) is 8.41. The number of aryl methyl sites for hydroxylation is 1. The van der Waals surface area contributed by atoms with Crippen LogP contribution in [0.1, 0.15) is 43.7 Å². The van der Waals surface area contributed by atoms with Crippen LogP contribution in [0.5, 0.6) is 0 Å². The molecule has 2 aromatic rings. The van der Waals surface area contributed by atoms with Crippen molar-refractivity contribution < 1.29 is 4.74 Å². The monoisotopic (exact) mass is 365 g/mol. The summed E-state index contributed by atoms with van der Waals surface area (Å²) in [4.78, 5) is 7.45. The number of pyridine rings is 1. The third-order valence-electron chi connectivity index (χ3n) is 5.82. The summed E-state index contributed by atoms with van der Waals surface area (Å²) in [6, 6.07) is 9.30. The average Bonchev–Trinajstić information content (AvgIpc) is 2.72. The fourth-order valence-electron chi connectivity index (χ4n) is 4.14. The van der Waals surface area contributed by atoms with E-state index >= 15 is 0 Å². The maximum Gasteiger partial charge on any atom is 0.133 e. The zero-order valence-corrected chi connectivity index (χ0v) is 16.6. The van der Waals surface area contributed by atoms with E-state index in [0.29, 0.717) is 6.04 Å². The van der Waals surface area contributed by atoms with Crippen molar-refractivity contribution in [2.24, 2.45) is 0 Å². The molecule has 0 spiro atoms. The number of anilines is 1. The molecule has 2 aliphatic rings. The largest absolute Gasteiger partial charge is 0.378 e. The number of nitrogens with zero attached hydrogens (tertiary/aromatic N) is 2. The Morgan fingerprint density at radius 3 is 2.81 bits per heavy atom. The molecule has 0 bridgehead atoms. The Morgan fingerprint density at radius 2 is 2.04 bits per heavy atom. The Bertz CT molecular complexity index is 824. The molecule has 27 heavy (non-hydrogen) atoms. The van der Waals surface area contributed by atoms with E-state index in [1.54, 1.807) is 5.57 Å². The molecular weight excluding hydrogens is 334 g/mol. The van der Waals surface area contributed by atoms with Gasteiger partial charge in [-0.05, 0) is 57.2 Å². The lowest BCUT2D eigenvalue weighted by atomic mass is 9.94. The molecule has 1 fully saturated rings. The predicted octanol–water partition coefficient (Wildman–Crippen LogP) is 4.36. The zero-order chi connectivity index (χ0) is 18.6. The van der Waals surface area contributed by atoms with Gasteiger partial charge in [0, 0.05) is 36.6 Å². The molecule has 1 N–H and O–H groups in total. The van der Waals surface area contributed by atoms with E-state index in [2.05, 4.69) is 54.4 Å². The molecular formula is C23H31N3O. The molecule has 0 saturated carbocycles. The van der Waals surface area contributed by atoms with Crippen LogP contribution in [0.4, 0.5) is 5.82 Å². The highest BCUT2D eigenvalue weighted by Gasteiger charge is 2.18. The molecule has 1 atom stereocenters. The maximum atomic E-state index is 5.55. The maximum absolute atomic E-state index is 5.55. The number of aromatic nitrogens is 1. The van der Waals surface area contributed by atoms with Crippen LogP contribution in [0.25, 0.3) is 10.9 Å². The van der Waals surface area contributed by atoms with Crippen molar-refractivity contribution in [3.8, 4) is 0 Å². The highest BCUT2D eigenvalue weighted by Crippen LogP contribution is 2.26. The van der Waals surface area contributed by atoms with E-state index < -0.39 is 0 Å². The molecule has 0 amide bonds. The summed E-state index contributed by atoms with van der Waals surface area (Å²) < 4.78 is 5.55. The Balaban J connectivity index is 1.60. The molecule has 1 aromatic heterocycles. The average molecular weight is 366 g/mol. The first-order valence-corrected chi connectivity index (χ1v) is 10.4. The third kappa shape index (κ3) is 4.33. The first kappa shape index (κ1) is 18.5. The van der Waals surface area contributed by atoms with E-state index in [-0.39, 0.29) is 0 Å². The molecule has 2 heterocycles. The zero-order valence-electron chi connectivity index (χ0n) is 16.6. The molecule has 4 nitrogen and oxygen atoms in total. The van der Waals surface area contributed by atoms with E-state index in [9.17, 15) is 0 Å². The molecule has 0 radical (unpaired) electrons. The fourth-order valence-corrected chi connectivity index (χ4v) is 4.14. The highest BCUT2D eigenvalue weighted by atomic mass is 16.5. The van der Waals surface area contributed by atoms with Crippen LogP contribution in [0, 0.1) is 6.92 Å². The SMILES string of the molecule is Cc1ccc2cc(CNC(C)C3=CCCCC3)c(N3CCOCC3)nc2c1. The normalized spacial score (nSPS) is 19.2. The van der Waals surface area contributed by atoms with Gasteiger partial charge in [0.05, 0.1) is 18.7 Å². The summed E-state index contributed by atoms with van der Waals surface area (Å²) >= 11 is 0. The van der Waals surface area contributed by atoms with E-state index in [4.69, 9.17) is 9.72 Å². The smallest absolute Gasteiger partial charge is 0.133 e. The van der Waals surface area contributed by atoms with Gasteiger partial charge in [-0.1, -0.05) is 23.8 Å². The Morgan fingerprint density at radius 1 is 1.19 bits per heavy atom. The van der Waals surface area contributed by atoms with Gasteiger partial charge in [-0.3, -0.25) is 0 Å². The molecule has 1 aliphatic heterocycles. The lowest BCUT2D eigenvalue weighted by Crippen LogP contribution is -2.38. The number of hydrogen-bond donors (Lipinski definition) is 1. The van der Waals surface area contributed by atoms with Crippen LogP contribution in [-0.2, 0) is 11.3 Å². The van der Waals surface area contributed by atoms with Crippen LogP contribution < -0.4 is 10.2 Å². The van der Waals surface area contributed by atoms with Crippen LogP contribution >= 0.6 is 0 Å². The Kier molecular flexibility index (Phi) is 5.74. The van der Waals surface area contributed by atoms with Crippen LogP contribution in [-0.4, -0.2) is 37.3 Å². The molecule has 4 heteroatoms. The van der Waals surface area contributed by atoms with Gasteiger partial charge in [-0.25, -0.2) is 4.98 Å². The summed E-state index contributed by atoms with van der Waals surface area (Å²) in [6.07, 6.45) is 7.57. The van der Waals surface area contributed by atoms with E-state index in [1.807, 2.05) is 0 Å². The second-order valence-electron chi connectivity index (χ2n) is 7.89. The molecule has 1 unspecified atom stereocenters. The Labute approximate surface area is 162 Å². The number of ether oxygens (including phenoxy) is 1. The minimum absolute atomic E-state index is 0.427. The van der Waals surface area contributed by atoms with Crippen LogP contribution in [0.15, 0.2) is 35.9 Å². The topological polar surface area (TPSA) is 37.4 Å². The molecule has 1 aliphatic carbocycles.